The summed E-state index contributed by atoms with van der Waals surface area (Å²) in [6.45, 7) is 4.31. The summed E-state index contributed by atoms with van der Waals surface area (Å²) in [5.74, 6) is 0. The number of hydrogen-bond donors (Lipinski definition) is 0. The van der Waals surface area contributed by atoms with Gasteiger partial charge in [0.15, 0.2) is 0 Å². The van der Waals surface area contributed by atoms with Crippen LogP contribution in [0.4, 0.5) is 0 Å². The van der Waals surface area contributed by atoms with E-state index >= 15 is 0 Å². The van der Waals surface area contributed by atoms with Crippen molar-refractivity contribution in [2.24, 2.45) is 0 Å². The van der Waals surface area contributed by atoms with E-state index in [1.54, 1.807) is 0 Å². The Balaban J connectivity index is 3.07. The molecule has 0 bridgehead atoms. The third-order valence-corrected chi connectivity index (χ3v) is 2.50. The normalized spacial score (nSPS) is 10.4. The van der Waals surface area contributed by atoms with Gasteiger partial charge in [-0.1, -0.05) is 39.0 Å². The van der Waals surface area contributed by atoms with Crippen LogP contribution in [0.25, 0.3) is 0 Å². The zero-order valence-electron chi connectivity index (χ0n) is 9.76. The van der Waals surface area contributed by atoms with Gasteiger partial charge in [-0.3, -0.25) is 0 Å². The molecule has 0 unspecified atom stereocenters. The number of hydrogen-bond acceptors (Lipinski definition) is 2. The molecule has 0 radical (unpaired) electrons. The molecule has 0 aromatic carbocycles. The van der Waals surface area contributed by atoms with E-state index in [9.17, 15) is 0 Å². The summed E-state index contributed by atoms with van der Waals surface area (Å²) in [4.78, 5) is 2.25. The maximum absolute atomic E-state index is 8.41. The fourth-order valence-electron chi connectivity index (χ4n) is 1.51. The molecular weight excluding hydrogens is 172 g/mol. The molecule has 0 saturated carbocycles. The summed E-state index contributed by atoms with van der Waals surface area (Å²) in [5, 5.41) is 8.41. The first-order valence-electron chi connectivity index (χ1n) is 5.86. The summed E-state index contributed by atoms with van der Waals surface area (Å²) in [5.41, 5.74) is 0. The third-order valence-electron chi connectivity index (χ3n) is 2.50. The Hall–Kier alpha value is -0.550. The highest BCUT2D eigenvalue weighted by Crippen LogP contribution is 2.05. The molecule has 2 heteroatoms. The second-order valence-electron chi connectivity index (χ2n) is 3.98. The summed E-state index contributed by atoms with van der Waals surface area (Å²) in [6.07, 6.45) is 8.75. The van der Waals surface area contributed by atoms with Gasteiger partial charge in [-0.2, -0.15) is 5.26 Å². The van der Waals surface area contributed by atoms with E-state index < -0.39 is 0 Å². The molecule has 0 spiro atoms. The van der Waals surface area contributed by atoms with Crippen molar-refractivity contribution in [3.8, 4) is 6.07 Å². The van der Waals surface area contributed by atoms with E-state index in [2.05, 4.69) is 24.9 Å². The Morgan fingerprint density at radius 1 is 1.00 bits per heavy atom. The van der Waals surface area contributed by atoms with E-state index in [0.717, 1.165) is 13.1 Å². The van der Waals surface area contributed by atoms with Gasteiger partial charge in [0.2, 0.25) is 0 Å². The molecule has 2 nitrogen and oxygen atoms in total. The number of unbranched alkanes of at least 4 members (excludes halogenated alkanes) is 5. The molecule has 0 amide bonds. The van der Waals surface area contributed by atoms with Gasteiger partial charge < -0.3 is 4.90 Å². The Bertz CT molecular complexity index is 149. The molecule has 0 heterocycles. The summed E-state index contributed by atoms with van der Waals surface area (Å²) in [6, 6.07) is 2.18. The van der Waals surface area contributed by atoms with Crippen molar-refractivity contribution in [3.63, 3.8) is 0 Å². The van der Waals surface area contributed by atoms with Gasteiger partial charge in [0.1, 0.15) is 0 Å². The van der Waals surface area contributed by atoms with Gasteiger partial charge in [-0.05, 0) is 20.0 Å². The summed E-state index contributed by atoms with van der Waals surface area (Å²) >= 11 is 0. The molecule has 0 aromatic rings. The zero-order chi connectivity index (χ0) is 10.6. The van der Waals surface area contributed by atoms with Crippen molar-refractivity contribution in [2.75, 3.05) is 20.1 Å². The fourth-order valence-corrected chi connectivity index (χ4v) is 1.51. The highest BCUT2D eigenvalue weighted by atomic mass is 15.1. The van der Waals surface area contributed by atoms with Crippen molar-refractivity contribution in [1.82, 2.24) is 4.90 Å². The van der Waals surface area contributed by atoms with Crippen LogP contribution in [0.3, 0.4) is 0 Å². The van der Waals surface area contributed by atoms with E-state index in [-0.39, 0.29) is 0 Å². The largest absolute Gasteiger partial charge is 0.305 e. The van der Waals surface area contributed by atoms with Crippen LogP contribution in [-0.2, 0) is 0 Å². The number of nitrogens with zero attached hydrogens (tertiary/aromatic N) is 2. The van der Waals surface area contributed by atoms with E-state index in [1.807, 2.05) is 0 Å². The molecule has 0 aliphatic carbocycles. The second kappa shape index (κ2) is 10.5. The van der Waals surface area contributed by atoms with Gasteiger partial charge in [-0.25, -0.2) is 0 Å². The highest BCUT2D eigenvalue weighted by Gasteiger charge is 1.96. The van der Waals surface area contributed by atoms with Crippen LogP contribution < -0.4 is 0 Å². The number of nitriles is 1. The molecule has 0 rings (SSSR count). The van der Waals surface area contributed by atoms with Gasteiger partial charge in [0, 0.05) is 13.0 Å². The zero-order valence-corrected chi connectivity index (χ0v) is 9.76. The number of rotatable bonds is 9. The molecule has 0 saturated heterocycles. The van der Waals surface area contributed by atoms with Crippen LogP contribution >= 0.6 is 0 Å². The van der Waals surface area contributed by atoms with Gasteiger partial charge >= 0.3 is 0 Å². The highest BCUT2D eigenvalue weighted by molar-refractivity contribution is 4.70. The van der Waals surface area contributed by atoms with Gasteiger partial charge in [-0.15, -0.1) is 0 Å². The van der Waals surface area contributed by atoms with Crippen molar-refractivity contribution in [2.45, 2.75) is 51.9 Å². The quantitative estimate of drug-likeness (QED) is 0.529. The monoisotopic (exact) mass is 196 g/mol. The van der Waals surface area contributed by atoms with Crippen LogP contribution in [-0.4, -0.2) is 25.0 Å². The Morgan fingerprint density at radius 3 is 2.29 bits per heavy atom. The Labute approximate surface area is 88.9 Å². The van der Waals surface area contributed by atoms with E-state index in [1.165, 1.54) is 38.5 Å². The Morgan fingerprint density at radius 2 is 1.64 bits per heavy atom. The average Bonchev–Trinajstić information content (AvgIpc) is 2.20. The van der Waals surface area contributed by atoms with Crippen LogP contribution in [0.2, 0.25) is 0 Å². The van der Waals surface area contributed by atoms with E-state index in [4.69, 9.17) is 5.26 Å². The average molecular weight is 196 g/mol. The van der Waals surface area contributed by atoms with Gasteiger partial charge in [0.25, 0.3) is 0 Å². The van der Waals surface area contributed by atoms with Crippen LogP contribution in [0.1, 0.15) is 51.9 Å². The minimum Gasteiger partial charge on any atom is -0.305 e. The second-order valence-corrected chi connectivity index (χ2v) is 3.98. The molecule has 0 aliphatic heterocycles. The molecular formula is C12H24N2. The first kappa shape index (κ1) is 13.4. The van der Waals surface area contributed by atoms with Crippen LogP contribution in [0.5, 0.6) is 0 Å². The SMILES string of the molecule is CCCCCCCCN(C)CCC#N. The molecule has 0 fully saturated rings. The van der Waals surface area contributed by atoms with Crippen LogP contribution in [0.15, 0.2) is 0 Å². The topological polar surface area (TPSA) is 27.0 Å². The maximum atomic E-state index is 8.41. The molecule has 0 aliphatic rings. The van der Waals surface area contributed by atoms with E-state index in [0.29, 0.717) is 6.42 Å². The molecule has 0 atom stereocenters. The lowest BCUT2D eigenvalue weighted by Gasteiger charge is -2.13. The lowest BCUT2D eigenvalue weighted by molar-refractivity contribution is 0.331. The standard InChI is InChI=1S/C12H24N2/c1-3-4-5-6-7-8-11-14(2)12-9-10-13/h3-9,11-12H2,1-2H3. The minimum absolute atomic E-state index is 0.659. The smallest absolute Gasteiger partial charge is 0.0635 e. The fraction of sp³-hybridized carbons (Fsp3) is 0.917. The van der Waals surface area contributed by atoms with Crippen molar-refractivity contribution in [3.05, 3.63) is 0 Å². The third kappa shape index (κ3) is 9.54. The van der Waals surface area contributed by atoms with Gasteiger partial charge in [0.05, 0.1) is 6.07 Å². The maximum Gasteiger partial charge on any atom is 0.0635 e. The summed E-state index contributed by atoms with van der Waals surface area (Å²) < 4.78 is 0. The predicted octanol–water partition coefficient (Wildman–Crippen LogP) is 3.19. The first-order valence-corrected chi connectivity index (χ1v) is 5.86. The van der Waals surface area contributed by atoms with Crippen molar-refractivity contribution >= 4 is 0 Å². The minimum atomic E-state index is 0.659. The summed E-state index contributed by atoms with van der Waals surface area (Å²) in [7, 11) is 2.10. The molecule has 14 heavy (non-hydrogen) atoms. The molecule has 0 N–H and O–H groups in total. The lowest BCUT2D eigenvalue weighted by atomic mass is 10.1. The molecule has 82 valence electrons. The molecule has 0 aromatic heterocycles. The predicted molar refractivity (Wildman–Crippen MR) is 61.1 cm³/mol. The first-order chi connectivity index (χ1) is 6.81. The Kier molecular flexibility index (Phi) is 10.1. The van der Waals surface area contributed by atoms with Crippen molar-refractivity contribution < 1.29 is 0 Å². The van der Waals surface area contributed by atoms with Crippen LogP contribution in [0, 0.1) is 11.3 Å². The lowest BCUT2D eigenvalue weighted by Crippen LogP contribution is -2.20. The van der Waals surface area contributed by atoms with Crippen molar-refractivity contribution in [1.29, 1.82) is 5.26 Å².